The lowest BCUT2D eigenvalue weighted by Crippen LogP contribution is -2.34. The minimum Gasteiger partial charge on any atom is -0.310 e. The molecule has 20 heavy (non-hydrogen) atoms. The van der Waals surface area contributed by atoms with Crippen LogP contribution in [0.4, 0.5) is 26.3 Å². The molecule has 0 atom stereocenters. The highest BCUT2D eigenvalue weighted by Gasteiger charge is 2.36. The van der Waals surface area contributed by atoms with Crippen LogP contribution in [0.3, 0.4) is 0 Å². The third kappa shape index (κ3) is 3.65. The SMILES string of the molecule is FC(F)(F)c1cc(CNC2CCC2)cc(C(F)(F)F)c1. The molecule has 1 saturated carbocycles. The van der Waals surface area contributed by atoms with E-state index in [4.69, 9.17) is 0 Å². The normalized spacial score (nSPS) is 17.1. The Morgan fingerprint density at radius 2 is 1.40 bits per heavy atom. The third-order valence-electron chi connectivity index (χ3n) is 3.35. The minimum absolute atomic E-state index is 0.000880. The number of benzene rings is 1. The van der Waals surface area contributed by atoms with E-state index in [2.05, 4.69) is 5.32 Å². The van der Waals surface area contributed by atoms with Crippen LogP contribution < -0.4 is 5.32 Å². The zero-order chi connectivity index (χ0) is 15.0. The summed E-state index contributed by atoms with van der Waals surface area (Å²) in [5.41, 5.74) is -2.53. The largest absolute Gasteiger partial charge is 0.416 e. The molecule has 0 heterocycles. The van der Waals surface area contributed by atoms with Crippen molar-refractivity contribution in [3.63, 3.8) is 0 Å². The quantitative estimate of drug-likeness (QED) is 0.817. The number of alkyl halides is 6. The number of rotatable bonds is 3. The molecule has 0 aliphatic heterocycles. The van der Waals surface area contributed by atoms with Crippen LogP contribution in [0.25, 0.3) is 0 Å². The molecule has 0 aromatic heterocycles. The molecular formula is C13H13F6N. The van der Waals surface area contributed by atoms with Crippen LogP contribution in [0.1, 0.15) is 36.0 Å². The van der Waals surface area contributed by atoms with Crippen LogP contribution in [0.5, 0.6) is 0 Å². The van der Waals surface area contributed by atoms with E-state index in [0.717, 1.165) is 31.4 Å². The molecule has 1 aliphatic carbocycles. The molecular weight excluding hydrogens is 284 g/mol. The lowest BCUT2D eigenvalue weighted by molar-refractivity contribution is -0.143. The first-order chi connectivity index (χ1) is 9.16. The van der Waals surface area contributed by atoms with Crippen LogP contribution in [0, 0.1) is 0 Å². The molecule has 0 saturated heterocycles. The molecule has 0 spiro atoms. The van der Waals surface area contributed by atoms with Crippen molar-refractivity contribution in [1.29, 1.82) is 0 Å². The maximum Gasteiger partial charge on any atom is 0.416 e. The lowest BCUT2D eigenvalue weighted by atomic mass is 9.93. The molecule has 112 valence electrons. The standard InChI is InChI=1S/C13H13F6N/c14-12(15,16)9-4-8(7-20-11-2-1-3-11)5-10(6-9)13(17,18)19/h4-6,11,20H,1-3,7H2. The highest BCUT2D eigenvalue weighted by molar-refractivity contribution is 5.33. The van der Waals surface area contributed by atoms with E-state index in [1.807, 2.05) is 0 Å². The summed E-state index contributed by atoms with van der Waals surface area (Å²) in [5.74, 6) is 0. The van der Waals surface area contributed by atoms with Crippen LogP contribution in [0.15, 0.2) is 18.2 Å². The first-order valence-corrected chi connectivity index (χ1v) is 6.18. The van der Waals surface area contributed by atoms with Crippen LogP contribution in [-0.2, 0) is 18.9 Å². The van der Waals surface area contributed by atoms with Gasteiger partial charge in [-0.1, -0.05) is 6.42 Å². The maximum absolute atomic E-state index is 12.6. The first kappa shape index (κ1) is 15.2. The van der Waals surface area contributed by atoms with Crippen molar-refractivity contribution in [2.24, 2.45) is 0 Å². The number of hydrogen-bond acceptors (Lipinski definition) is 1. The molecule has 2 rings (SSSR count). The Labute approximate surface area is 112 Å². The minimum atomic E-state index is -4.79. The number of halogens is 6. The fraction of sp³-hybridized carbons (Fsp3) is 0.538. The van der Waals surface area contributed by atoms with Crippen LogP contribution in [-0.4, -0.2) is 6.04 Å². The third-order valence-corrected chi connectivity index (χ3v) is 3.35. The van der Waals surface area contributed by atoms with Gasteiger partial charge in [-0.15, -0.1) is 0 Å². The molecule has 1 fully saturated rings. The molecule has 7 heteroatoms. The highest BCUT2D eigenvalue weighted by atomic mass is 19.4. The van der Waals surface area contributed by atoms with Gasteiger partial charge in [-0.25, -0.2) is 0 Å². The molecule has 1 N–H and O–H groups in total. The van der Waals surface area contributed by atoms with Crippen molar-refractivity contribution in [3.8, 4) is 0 Å². The fourth-order valence-electron chi connectivity index (χ4n) is 2.00. The van der Waals surface area contributed by atoms with Crippen molar-refractivity contribution in [1.82, 2.24) is 5.32 Å². The van der Waals surface area contributed by atoms with Crippen molar-refractivity contribution in [3.05, 3.63) is 34.9 Å². The molecule has 1 aromatic rings. The van der Waals surface area contributed by atoms with Gasteiger partial charge in [-0.2, -0.15) is 26.3 Å². The summed E-state index contributed by atoms with van der Waals surface area (Å²) in [6.45, 7) is 0.0116. The van der Waals surface area contributed by atoms with Gasteiger partial charge in [-0.05, 0) is 36.6 Å². The molecule has 0 bridgehead atoms. The van der Waals surface area contributed by atoms with Gasteiger partial charge in [0.2, 0.25) is 0 Å². The van der Waals surface area contributed by atoms with E-state index in [9.17, 15) is 26.3 Å². The zero-order valence-electron chi connectivity index (χ0n) is 10.4. The summed E-state index contributed by atoms with van der Waals surface area (Å²) in [6, 6.07) is 1.87. The Morgan fingerprint density at radius 3 is 1.75 bits per heavy atom. The average Bonchev–Trinajstić information content (AvgIpc) is 2.24. The second kappa shape index (κ2) is 5.27. The van der Waals surface area contributed by atoms with Gasteiger partial charge in [-0.3, -0.25) is 0 Å². The van der Waals surface area contributed by atoms with E-state index in [0.29, 0.717) is 0 Å². The maximum atomic E-state index is 12.6. The van der Waals surface area contributed by atoms with Gasteiger partial charge >= 0.3 is 12.4 Å². The second-order valence-corrected chi connectivity index (χ2v) is 4.92. The van der Waals surface area contributed by atoms with Gasteiger partial charge in [0.1, 0.15) is 0 Å². The Balaban J connectivity index is 2.25. The van der Waals surface area contributed by atoms with Crippen molar-refractivity contribution >= 4 is 0 Å². The predicted molar refractivity (Wildman–Crippen MR) is 60.9 cm³/mol. The van der Waals surface area contributed by atoms with E-state index in [-0.39, 0.29) is 24.2 Å². The second-order valence-electron chi connectivity index (χ2n) is 4.92. The van der Waals surface area contributed by atoms with E-state index < -0.39 is 23.5 Å². The topological polar surface area (TPSA) is 12.0 Å². The first-order valence-electron chi connectivity index (χ1n) is 6.18. The van der Waals surface area contributed by atoms with E-state index in [1.165, 1.54) is 0 Å². The van der Waals surface area contributed by atoms with E-state index >= 15 is 0 Å². The van der Waals surface area contributed by atoms with E-state index in [1.54, 1.807) is 0 Å². The molecule has 0 unspecified atom stereocenters. The lowest BCUT2D eigenvalue weighted by Gasteiger charge is -2.26. The number of hydrogen-bond donors (Lipinski definition) is 1. The summed E-state index contributed by atoms with van der Waals surface area (Å²) in [6.07, 6.45) is -6.72. The predicted octanol–water partition coefficient (Wildman–Crippen LogP) is 4.37. The monoisotopic (exact) mass is 297 g/mol. The summed E-state index contributed by atoms with van der Waals surface area (Å²) in [7, 11) is 0. The van der Waals surface area contributed by atoms with Gasteiger partial charge in [0.25, 0.3) is 0 Å². The number of nitrogens with one attached hydrogen (secondary N) is 1. The Hall–Kier alpha value is -1.24. The highest BCUT2D eigenvalue weighted by Crippen LogP contribution is 2.36. The van der Waals surface area contributed by atoms with Gasteiger partial charge in [0.15, 0.2) is 0 Å². The van der Waals surface area contributed by atoms with Gasteiger partial charge < -0.3 is 5.32 Å². The average molecular weight is 297 g/mol. The fourth-order valence-corrected chi connectivity index (χ4v) is 2.00. The smallest absolute Gasteiger partial charge is 0.310 e. The Kier molecular flexibility index (Phi) is 4.00. The molecule has 0 radical (unpaired) electrons. The summed E-state index contributed by atoms with van der Waals surface area (Å²) in [5, 5.41) is 2.96. The van der Waals surface area contributed by atoms with Crippen LogP contribution in [0.2, 0.25) is 0 Å². The molecule has 1 aliphatic rings. The van der Waals surface area contributed by atoms with Crippen molar-refractivity contribution in [2.45, 2.75) is 44.2 Å². The molecule has 0 amide bonds. The Bertz CT molecular complexity index is 440. The van der Waals surface area contributed by atoms with Crippen molar-refractivity contribution < 1.29 is 26.3 Å². The molecule has 1 nitrogen and oxygen atoms in total. The van der Waals surface area contributed by atoms with Crippen molar-refractivity contribution in [2.75, 3.05) is 0 Å². The summed E-state index contributed by atoms with van der Waals surface area (Å²) in [4.78, 5) is 0. The Morgan fingerprint density at radius 1 is 0.900 bits per heavy atom. The van der Waals surface area contributed by atoms with Crippen LogP contribution >= 0.6 is 0 Å². The zero-order valence-corrected chi connectivity index (χ0v) is 10.4. The molecule has 1 aromatic carbocycles. The summed E-state index contributed by atoms with van der Waals surface area (Å²) < 4.78 is 75.7. The van der Waals surface area contributed by atoms with Gasteiger partial charge in [0.05, 0.1) is 11.1 Å². The summed E-state index contributed by atoms with van der Waals surface area (Å²) >= 11 is 0. The van der Waals surface area contributed by atoms with Gasteiger partial charge in [0, 0.05) is 12.6 Å².